The Kier molecular flexibility index (Phi) is 5.04. The van der Waals surface area contributed by atoms with Crippen LogP contribution in [0.4, 0.5) is 27.7 Å². The van der Waals surface area contributed by atoms with Gasteiger partial charge in [0.1, 0.15) is 5.82 Å². The number of piperidine rings is 1. The molecule has 3 aliphatic rings. The predicted octanol–water partition coefficient (Wildman–Crippen LogP) is 3.69. The van der Waals surface area contributed by atoms with Crippen LogP contribution in [0.25, 0.3) is 0 Å². The first-order valence-corrected chi connectivity index (χ1v) is 11.7. The first-order chi connectivity index (χ1) is 16.2. The Bertz CT molecular complexity index is 1140. The first kappa shape index (κ1) is 20.3. The van der Waals surface area contributed by atoms with E-state index in [0.29, 0.717) is 29.7 Å². The number of aromatic nitrogens is 4. The number of nitrogens with zero attached hydrogens (tertiary/aromatic N) is 6. The number of rotatable bonds is 5. The molecule has 9 heteroatoms. The van der Waals surface area contributed by atoms with E-state index < -0.39 is 0 Å². The zero-order valence-corrected chi connectivity index (χ0v) is 18.7. The highest BCUT2D eigenvalue weighted by atomic mass is 19.1. The van der Waals surface area contributed by atoms with Crippen LogP contribution in [0.3, 0.4) is 0 Å². The molecule has 0 amide bonds. The monoisotopic (exact) mass is 449 g/mol. The molecule has 2 fully saturated rings. The number of methoxy groups -OCH3 is 1. The topological polar surface area (TPSA) is 71.3 Å². The van der Waals surface area contributed by atoms with Gasteiger partial charge < -0.3 is 19.9 Å². The normalized spacial score (nSPS) is 24.0. The SMILES string of the molecule is COc1cc(N2C[C@H]3CC[C@@H](C2)[C@@H]3Nc2nc3n(n2)CCCN3c2cccc(F)c2)ccn1. The van der Waals surface area contributed by atoms with Gasteiger partial charge in [0.15, 0.2) is 0 Å². The van der Waals surface area contributed by atoms with E-state index >= 15 is 0 Å². The van der Waals surface area contributed by atoms with E-state index in [9.17, 15) is 4.39 Å². The lowest BCUT2D eigenvalue weighted by atomic mass is 9.92. The van der Waals surface area contributed by atoms with Crippen LogP contribution >= 0.6 is 0 Å². The average molecular weight is 450 g/mol. The van der Waals surface area contributed by atoms with Crippen molar-refractivity contribution in [3.8, 4) is 5.88 Å². The molecule has 8 nitrogen and oxygen atoms in total. The lowest BCUT2D eigenvalue weighted by Gasteiger charge is -2.39. The zero-order chi connectivity index (χ0) is 22.4. The first-order valence-electron chi connectivity index (χ1n) is 11.7. The van der Waals surface area contributed by atoms with Crippen LogP contribution in [0.15, 0.2) is 42.6 Å². The number of hydrogen-bond acceptors (Lipinski definition) is 7. The second-order valence-corrected chi connectivity index (χ2v) is 9.17. The van der Waals surface area contributed by atoms with E-state index in [2.05, 4.69) is 26.2 Å². The summed E-state index contributed by atoms with van der Waals surface area (Å²) in [5.74, 6) is 2.93. The van der Waals surface area contributed by atoms with Gasteiger partial charge in [-0.05, 0) is 55.4 Å². The molecular weight excluding hydrogens is 421 g/mol. The van der Waals surface area contributed by atoms with Gasteiger partial charge in [0, 0.05) is 55.9 Å². The van der Waals surface area contributed by atoms with Crippen molar-refractivity contribution in [1.82, 2.24) is 19.7 Å². The van der Waals surface area contributed by atoms with Crippen LogP contribution in [-0.4, -0.2) is 52.5 Å². The van der Waals surface area contributed by atoms with E-state index in [0.717, 1.165) is 44.2 Å². The van der Waals surface area contributed by atoms with Crippen LogP contribution in [0, 0.1) is 17.7 Å². The highest BCUT2D eigenvalue weighted by Gasteiger charge is 2.43. The molecule has 0 unspecified atom stereocenters. The second-order valence-electron chi connectivity index (χ2n) is 9.17. The minimum atomic E-state index is -0.238. The summed E-state index contributed by atoms with van der Waals surface area (Å²) in [5, 5.41) is 8.43. The summed E-state index contributed by atoms with van der Waals surface area (Å²) in [7, 11) is 1.65. The molecule has 33 heavy (non-hydrogen) atoms. The van der Waals surface area contributed by atoms with Gasteiger partial charge in [0.05, 0.1) is 7.11 Å². The minimum absolute atomic E-state index is 0.238. The number of aryl methyl sites for hydroxylation is 1. The summed E-state index contributed by atoms with van der Waals surface area (Å²) in [6.07, 6.45) is 5.16. The number of ether oxygens (including phenoxy) is 1. The van der Waals surface area contributed by atoms with E-state index in [4.69, 9.17) is 14.8 Å². The number of anilines is 4. The van der Waals surface area contributed by atoms with Crippen molar-refractivity contribution in [2.24, 2.45) is 11.8 Å². The summed E-state index contributed by atoms with van der Waals surface area (Å²) < 4.78 is 21.1. The summed E-state index contributed by atoms with van der Waals surface area (Å²) in [4.78, 5) is 13.6. The zero-order valence-electron chi connectivity index (χ0n) is 18.7. The number of halogens is 1. The molecular formula is C24H28FN7O. The number of benzene rings is 1. The maximum Gasteiger partial charge on any atom is 0.244 e. The van der Waals surface area contributed by atoms with E-state index in [-0.39, 0.29) is 5.82 Å². The molecule has 0 spiro atoms. The minimum Gasteiger partial charge on any atom is -0.481 e. The number of nitrogens with one attached hydrogen (secondary N) is 1. The van der Waals surface area contributed by atoms with Crippen molar-refractivity contribution < 1.29 is 9.13 Å². The van der Waals surface area contributed by atoms with Gasteiger partial charge in [0.2, 0.25) is 17.8 Å². The third-order valence-corrected chi connectivity index (χ3v) is 7.19. The number of fused-ring (bicyclic) bond motifs is 3. The summed E-state index contributed by atoms with van der Waals surface area (Å²) in [5.41, 5.74) is 1.98. The second kappa shape index (κ2) is 8.20. The quantitative estimate of drug-likeness (QED) is 0.637. The fourth-order valence-electron chi connectivity index (χ4n) is 5.64. The molecule has 1 aliphatic carbocycles. The Morgan fingerprint density at radius 1 is 1.06 bits per heavy atom. The van der Waals surface area contributed by atoms with Gasteiger partial charge in [-0.3, -0.25) is 0 Å². The molecule has 1 aromatic carbocycles. The van der Waals surface area contributed by atoms with Crippen molar-refractivity contribution in [3.63, 3.8) is 0 Å². The molecule has 6 rings (SSSR count). The molecule has 3 atom stereocenters. The molecule has 1 N–H and O–H groups in total. The molecule has 2 bridgehead atoms. The van der Waals surface area contributed by atoms with Gasteiger partial charge in [-0.1, -0.05) is 6.07 Å². The molecule has 4 heterocycles. The Morgan fingerprint density at radius 3 is 2.70 bits per heavy atom. The summed E-state index contributed by atoms with van der Waals surface area (Å²) in [6, 6.07) is 11.1. The van der Waals surface area contributed by atoms with Crippen molar-refractivity contribution in [2.75, 3.05) is 41.9 Å². The number of pyridine rings is 1. The van der Waals surface area contributed by atoms with Crippen LogP contribution in [0.2, 0.25) is 0 Å². The van der Waals surface area contributed by atoms with Gasteiger partial charge in [-0.25, -0.2) is 14.1 Å². The molecule has 2 aromatic heterocycles. The van der Waals surface area contributed by atoms with Crippen molar-refractivity contribution in [3.05, 3.63) is 48.4 Å². The average Bonchev–Trinajstić information content (AvgIpc) is 3.34. The van der Waals surface area contributed by atoms with Crippen molar-refractivity contribution >= 4 is 23.3 Å². The van der Waals surface area contributed by atoms with E-state index in [1.165, 1.54) is 24.6 Å². The molecule has 0 radical (unpaired) electrons. The maximum atomic E-state index is 13.8. The van der Waals surface area contributed by atoms with Crippen molar-refractivity contribution in [1.29, 1.82) is 0 Å². The lowest BCUT2D eigenvalue weighted by Crippen LogP contribution is -2.48. The van der Waals surface area contributed by atoms with Crippen LogP contribution in [0.5, 0.6) is 5.88 Å². The Morgan fingerprint density at radius 2 is 1.91 bits per heavy atom. The highest BCUT2D eigenvalue weighted by molar-refractivity contribution is 5.59. The molecule has 172 valence electrons. The number of hydrogen-bond donors (Lipinski definition) is 1. The van der Waals surface area contributed by atoms with Crippen molar-refractivity contribution in [2.45, 2.75) is 31.8 Å². The maximum absolute atomic E-state index is 13.8. The van der Waals surface area contributed by atoms with Crippen LogP contribution in [-0.2, 0) is 6.54 Å². The Labute approximate surface area is 192 Å². The third-order valence-electron chi connectivity index (χ3n) is 7.19. The predicted molar refractivity (Wildman–Crippen MR) is 125 cm³/mol. The summed E-state index contributed by atoms with van der Waals surface area (Å²) in [6.45, 7) is 3.61. The van der Waals surface area contributed by atoms with Crippen LogP contribution < -0.4 is 19.9 Å². The standard InChI is InChI=1S/C24H28FN7O/c1-33-21-13-19(8-9-26-21)30-14-16-6-7-17(15-30)22(16)27-23-28-24-31(10-3-11-32(24)29-23)20-5-2-4-18(25)12-20/h2,4-5,8-9,12-13,16-17,22H,3,6-7,10-11,14-15H2,1H3,(H,27,29)/t16-,17+,22-. The smallest absolute Gasteiger partial charge is 0.244 e. The molecule has 3 aromatic rings. The molecule has 1 saturated heterocycles. The van der Waals surface area contributed by atoms with Gasteiger partial charge in [-0.2, -0.15) is 4.98 Å². The largest absolute Gasteiger partial charge is 0.481 e. The summed E-state index contributed by atoms with van der Waals surface area (Å²) >= 11 is 0. The molecule has 2 aliphatic heterocycles. The van der Waals surface area contributed by atoms with E-state index in [1.54, 1.807) is 19.2 Å². The fraction of sp³-hybridized carbons (Fsp3) is 0.458. The Hall–Kier alpha value is -3.36. The Balaban J connectivity index is 1.19. The molecule has 1 saturated carbocycles. The third kappa shape index (κ3) is 3.75. The highest BCUT2D eigenvalue weighted by Crippen LogP contribution is 2.40. The van der Waals surface area contributed by atoms with E-state index in [1.807, 2.05) is 23.0 Å². The van der Waals surface area contributed by atoms with Gasteiger partial charge in [0.25, 0.3) is 0 Å². The fourth-order valence-corrected chi connectivity index (χ4v) is 5.64. The van der Waals surface area contributed by atoms with Crippen LogP contribution in [0.1, 0.15) is 19.3 Å². The van der Waals surface area contributed by atoms with Gasteiger partial charge in [-0.15, -0.1) is 5.10 Å². The lowest BCUT2D eigenvalue weighted by molar-refractivity contribution is 0.374. The van der Waals surface area contributed by atoms with Gasteiger partial charge >= 0.3 is 0 Å².